The van der Waals surface area contributed by atoms with E-state index in [0.29, 0.717) is 12.6 Å². The van der Waals surface area contributed by atoms with E-state index in [-0.39, 0.29) is 17.7 Å². The predicted octanol–water partition coefficient (Wildman–Crippen LogP) is 0.489. The smallest absolute Gasteiger partial charge is 0.236 e. The molecule has 0 aromatic heterocycles. The Morgan fingerprint density at radius 2 is 1.72 bits per heavy atom. The van der Waals surface area contributed by atoms with Crippen LogP contribution < -0.4 is 11.1 Å². The second kappa shape index (κ2) is 7.36. The van der Waals surface area contributed by atoms with Crippen molar-refractivity contribution < 1.29 is 9.59 Å². The van der Waals surface area contributed by atoms with Crippen molar-refractivity contribution in [3.05, 3.63) is 0 Å². The quantitative estimate of drug-likeness (QED) is 0.725. The zero-order valence-electron chi connectivity index (χ0n) is 11.4. The van der Waals surface area contributed by atoms with Crippen LogP contribution in [-0.2, 0) is 9.59 Å². The molecule has 5 heteroatoms. The molecule has 0 spiro atoms. The summed E-state index contributed by atoms with van der Waals surface area (Å²) in [6.45, 7) is 5.88. The lowest BCUT2D eigenvalue weighted by Gasteiger charge is -2.28. The number of nitrogens with zero attached hydrogens (tertiary/aromatic N) is 1. The first-order valence-corrected chi connectivity index (χ1v) is 6.88. The Bertz CT molecular complexity index is 282. The minimum atomic E-state index is -0.187. The average Bonchev–Trinajstić information content (AvgIpc) is 2.38. The fourth-order valence-corrected chi connectivity index (χ4v) is 2.50. The van der Waals surface area contributed by atoms with E-state index in [1.807, 2.05) is 18.7 Å². The van der Waals surface area contributed by atoms with Crippen LogP contribution in [0.1, 0.15) is 39.5 Å². The molecule has 0 aromatic carbocycles. The first kappa shape index (κ1) is 15.0. The molecule has 0 aromatic rings. The van der Waals surface area contributed by atoms with E-state index >= 15 is 0 Å². The van der Waals surface area contributed by atoms with Crippen LogP contribution in [0.3, 0.4) is 0 Å². The molecule has 0 atom stereocenters. The minimum absolute atomic E-state index is 0.0292. The standard InChI is InChI=1S/C13H25N3O2/c1-3-16(4-2)12(17)9-15-11-7-5-10(6-8-11)13(14)18/h10-11,15H,3-9H2,1-2H3,(H2,14,18). The number of hydrogen-bond acceptors (Lipinski definition) is 3. The van der Waals surface area contributed by atoms with Gasteiger partial charge < -0.3 is 16.0 Å². The Morgan fingerprint density at radius 1 is 1.17 bits per heavy atom. The number of hydrogen-bond donors (Lipinski definition) is 2. The molecule has 0 heterocycles. The molecule has 1 rings (SSSR count). The molecular weight excluding hydrogens is 230 g/mol. The molecule has 0 radical (unpaired) electrons. The molecule has 1 fully saturated rings. The fraction of sp³-hybridized carbons (Fsp3) is 0.846. The van der Waals surface area contributed by atoms with Gasteiger partial charge in [0, 0.05) is 25.0 Å². The highest BCUT2D eigenvalue weighted by atomic mass is 16.2. The normalized spacial score (nSPS) is 23.7. The maximum absolute atomic E-state index is 11.8. The average molecular weight is 255 g/mol. The number of carbonyl (C=O) groups is 2. The lowest BCUT2D eigenvalue weighted by molar-refractivity contribution is -0.130. The lowest BCUT2D eigenvalue weighted by atomic mass is 9.85. The molecular formula is C13H25N3O2. The number of nitrogens with one attached hydrogen (secondary N) is 1. The summed E-state index contributed by atoms with van der Waals surface area (Å²) in [6, 6.07) is 0.347. The molecule has 1 aliphatic rings. The van der Waals surface area contributed by atoms with Crippen molar-refractivity contribution in [2.24, 2.45) is 11.7 Å². The zero-order valence-corrected chi connectivity index (χ0v) is 11.4. The van der Waals surface area contributed by atoms with Crippen LogP contribution in [0.25, 0.3) is 0 Å². The number of likely N-dealkylation sites (N-methyl/N-ethyl adjacent to an activating group) is 1. The molecule has 0 aliphatic heterocycles. The first-order valence-electron chi connectivity index (χ1n) is 6.88. The van der Waals surface area contributed by atoms with Gasteiger partial charge in [0.2, 0.25) is 11.8 Å². The highest BCUT2D eigenvalue weighted by molar-refractivity contribution is 5.78. The monoisotopic (exact) mass is 255 g/mol. The van der Waals surface area contributed by atoms with Gasteiger partial charge in [0.15, 0.2) is 0 Å². The van der Waals surface area contributed by atoms with Gasteiger partial charge in [-0.15, -0.1) is 0 Å². The van der Waals surface area contributed by atoms with Gasteiger partial charge in [-0.3, -0.25) is 9.59 Å². The summed E-state index contributed by atoms with van der Waals surface area (Å²) in [5, 5.41) is 3.29. The fourth-order valence-electron chi connectivity index (χ4n) is 2.50. The van der Waals surface area contributed by atoms with E-state index in [1.54, 1.807) is 0 Å². The van der Waals surface area contributed by atoms with Crippen LogP contribution in [0.5, 0.6) is 0 Å². The van der Waals surface area contributed by atoms with Crippen LogP contribution in [0, 0.1) is 5.92 Å². The third-order valence-corrected chi connectivity index (χ3v) is 3.79. The molecule has 1 saturated carbocycles. The second-order valence-electron chi connectivity index (χ2n) is 4.90. The summed E-state index contributed by atoms with van der Waals surface area (Å²) in [5.74, 6) is -0.00812. The lowest BCUT2D eigenvalue weighted by Crippen LogP contribution is -2.43. The molecule has 1 aliphatic carbocycles. The predicted molar refractivity (Wildman–Crippen MR) is 70.9 cm³/mol. The number of rotatable bonds is 6. The summed E-state index contributed by atoms with van der Waals surface area (Å²) >= 11 is 0. The summed E-state index contributed by atoms with van der Waals surface area (Å²) < 4.78 is 0. The minimum Gasteiger partial charge on any atom is -0.369 e. The van der Waals surface area contributed by atoms with E-state index in [4.69, 9.17) is 5.73 Å². The van der Waals surface area contributed by atoms with Crippen molar-refractivity contribution in [3.63, 3.8) is 0 Å². The molecule has 5 nitrogen and oxygen atoms in total. The SMILES string of the molecule is CCN(CC)C(=O)CNC1CCC(C(N)=O)CC1. The van der Waals surface area contributed by atoms with E-state index in [1.165, 1.54) is 0 Å². The van der Waals surface area contributed by atoms with E-state index in [9.17, 15) is 9.59 Å². The summed E-state index contributed by atoms with van der Waals surface area (Å²) in [4.78, 5) is 24.7. The van der Waals surface area contributed by atoms with Crippen molar-refractivity contribution in [2.45, 2.75) is 45.6 Å². The van der Waals surface area contributed by atoms with Crippen LogP contribution in [-0.4, -0.2) is 42.4 Å². The molecule has 0 unspecified atom stereocenters. The molecule has 0 saturated heterocycles. The molecule has 3 N–H and O–H groups in total. The summed E-state index contributed by atoms with van der Waals surface area (Å²) in [5.41, 5.74) is 5.29. The third kappa shape index (κ3) is 4.29. The first-order chi connectivity index (χ1) is 8.58. The van der Waals surface area contributed by atoms with Crippen LogP contribution in [0.2, 0.25) is 0 Å². The van der Waals surface area contributed by atoms with Gasteiger partial charge in [-0.25, -0.2) is 0 Å². The van der Waals surface area contributed by atoms with Crippen molar-refractivity contribution in [2.75, 3.05) is 19.6 Å². The van der Waals surface area contributed by atoms with Crippen LogP contribution in [0.4, 0.5) is 0 Å². The van der Waals surface area contributed by atoms with Gasteiger partial charge in [0.1, 0.15) is 0 Å². The van der Waals surface area contributed by atoms with Gasteiger partial charge in [-0.2, -0.15) is 0 Å². The molecule has 2 amide bonds. The summed E-state index contributed by atoms with van der Waals surface area (Å²) in [7, 11) is 0. The highest BCUT2D eigenvalue weighted by Crippen LogP contribution is 2.23. The maximum Gasteiger partial charge on any atom is 0.236 e. The highest BCUT2D eigenvalue weighted by Gasteiger charge is 2.24. The van der Waals surface area contributed by atoms with Gasteiger partial charge in [-0.05, 0) is 39.5 Å². The van der Waals surface area contributed by atoms with Crippen LogP contribution in [0.15, 0.2) is 0 Å². The number of amides is 2. The Balaban J connectivity index is 2.25. The van der Waals surface area contributed by atoms with Gasteiger partial charge in [0.05, 0.1) is 6.54 Å². The molecule has 0 bridgehead atoms. The van der Waals surface area contributed by atoms with Gasteiger partial charge >= 0.3 is 0 Å². The van der Waals surface area contributed by atoms with Crippen molar-refractivity contribution in [1.29, 1.82) is 0 Å². The van der Waals surface area contributed by atoms with Crippen molar-refractivity contribution >= 4 is 11.8 Å². The number of primary amides is 1. The van der Waals surface area contributed by atoms with E-state index in [2.05, 4.69) is 5.32 Å². The molecule has 104 valence electrons. The molecule has 18 heavy (non-hydrogen) atoms. The van der Waals surface area contributed by atoms with E-state index < -0.39 is 0 Å². The van der Waals surface area contributed by atoms with Crippen molar-refractivity contribution in [1.82, 2.24) is 10.2 Å². The van der Waals surface area contributed by atoms with E-state index in [0.717, 1.165) is 38.8 Å². The maximum atomic E-state index is 11.8. The Labute approximate surface area is 109 Å². The number of carbonyl (C=O) groups excluding carboxylic acids is 2. The topological polar surface area (TPSA) is 75.4 Å². The summed E-state index contributed by atoms with van der Waals surface area (Å²) in [6.07, 6.45) is 3.54. The number of nitrogens with two attached hydrogens (primary N) is 1. The second-order valence-corrected chi connectivity index (χ2v) is 4.90. The largest absolute Gasteiger partial charge is 0.369 e. The van der Waals surface area contributed by atoms with Crippen LogP contribution >= 0.6 is 0 Å². The Morgan fingerprint density at radius 3 is 2.17 bits per heavy atom. The van der Waals surface area contributed by atoms with Crippen molar-refractivity contribution in [3.8, 4) is 0 Å². The third-order valence-electron chi connectivity index (χ3n) is 3.79. The van der Waals surface area contributed by atoms with Gasteiger partial charge in [0.25, 0.3) is 0 Å². The Kier molecular flexibility index (Phi) is 6.12. The zero-order chi connectivity index (χ0) is 13.5. The Hall–Kier alpha value is -1.10. The van der Waals surface area contributed by atoms with Gasteiger partial charge in [-0.1, -0.05) is 0 Å².